The Morgan fingerprint density at radius 3 is 2.62 bits per heavy atom. The van der Waals surface area contributed by atoms with E-state index in [-0.39, 0.29) is 12.5 Å². The molecule has 196 valence electrons. The van der Waals surface area contributed by atoms with Gasteiger partial charge in [-0.15, -0.1) is 11.8 Å². The molecule has 0 saturated carbocycles. The first-order valence-electron chi connectivity index (χ1n) is 13.1. The number of pyridine rings is 1. The predicted octanol–water partition coefficient (Wildman–Crippen LogP) is 4.06. The lowest BCUT2D eigenvalue weighted by Gasteiger charge is -2.42. The molecule has 1 aromatic carbocycles. The van der Waals surface area contributed by atoms with Crippen molar-refractivity contribution >= 4 is 23.5 Å². The van der Waals surface area contributed by atoms with Crippen LogP contribution in [0.3, 0.4) is 0 Å². The molecule has 2 N–H and O–H groups in total. The third-order valence-corrected chi connectivity index (χ3v) is 8.26. The molecule has 0 spiro atoms. The number of rotatable bonds is 8. The number of benzene rings is 1. The monoisotopic (exact) mass is 521 g/mol. The summed E-state index contributed by atoms with van der Waals surface area (Å²) in [5.41, 5.74) is 3.15. The van der Waals surface area contributed by atoms with E-state index in [1.807, 2.05) is 12.1 Å². The van der Waals surface area contributed by atoms with Crippen LogP contribution in [0.2, 0.25) is 0 Å². The van der Waals surface area contributed by atoms with E-state index >= 15 is 0 Å². The maximum atomic E-state index is 13.2. The number of thioether (sulfide) groups is 1. The Hall–Kier alpha value is -2.88. The van der Waals surface area contributed by atoms with Gasteiger partial charge in [0.15, 0.2) is 0 Å². The average Bonchev–Trinajstić information content (AvgIpc) is 3.50. The number of hydrogen-bond donors (Lipinski definition) is 2. The van der Waals surface area contributed by atoms with Crippen molar-refractivity contribution in [3.05, 3.63) is 60.0 Å². The third kappa shape index (κ3) is 6.17. The number of aliphatic hydroxyl groups is 1. The number of amides is 1. The van der Waals surface area contributed by atoms with Gasteiger partial charge in [0.1, 0.15) is 17.8 Å². The number of likely N-dealkylation sites (tertiary alicyclic amines) is 1. The largest absolute Gasteiger partial charge is 0.396 e. The molecule has 5 rings (SSSR count). The van der Waals surface area contributed by atoms with E-state index in [2.05, 4.69) is 50.8 Å². The fraction of sp³-hybridized carbons (Fsp3) is 0.464. The first-order valence-corrected chi connectivity index (χ1v) is 14.3. The summed E-state index contributed by atoms with van der Waals surface area (Å²) in [4.78, 5) is 24.3. The van der Waals surface area contributed by atoms with Crippen LogP contribution in [0.5, 0.6) is 0 Å². The zero-order chi connectivity index (χ0) is 25.6. The van der Waals surface area contributed by atoms with Crippen molar-refractivity contribution in [1.82, 2.24) is 20.4 Å². The van der Waals surface area contributed by atoms with Crippen molar-refractivity contribution in [2.75, 3.05) is 43.9 Å². The summed E-state index contributed by atoms with van der Waals surface area (Å²) in [5, 5.41) is 16.5. The standard InChI is InChI=1S/C28H35N5O3S/c1-37-24-6-4-21(5-7-24)26-9-8-25(28(35)29-17-22-12-16-36-31-22)27(30-26)32-14-10-23(11-15-32)33-13-2-3-20(18-33)19-34/h4-9,12,16,20,23,34H,2-3,10-11,13-15,17-19H2,1H3,(H,29,35). The highest BCUT2D eigenvalue weighted by Crippen LogP contribution is 2.30. The van der Waals surface area contributed by atoms with E-state index in [1.54, 1.807) is 17.8 Å². The molecule has 1 atom stereocenters. The Bertz CT molecular complexity index is 1160. The lowest BCUT2D eigenvalue weighted by atomic mass is 9.94. The molecule has 9 heteroatoms. The molecule has 3 aromatic rings. The quantitative estimate of drug-likeness (QED) is 0.429. The molecule has 0 bridgehead atoms. The summed E-state index contributed by atoms with van der Waals surface area (Å²) >= 11 is 1.71. The molecule has 2 saturated heterocycles. The molecule has 2 fully saturated rings. The minimum absolute atomic E-state index is 0.168. The van der Waals surface area contributed by atoms with Gasteiger partial charge < -0.3 is 19.8 Å². The molecule has 1 unspecified atom stereocenters. The third-order valence-electron chi connectivity index (χ3n) is 7.52. The van der Waals surface area contributed by atoms with Gasteiger partial charge in [0.05, 0.1) is 17.8 Å². The Kier molecular flexibility index (Phi) is 8.43. The first kappa shape index (κ1) is 25.8. The number of aromatic nitrogens is 2. The minimum atomic E-state index is -0.168. The van der Waals surface area contributed by atoms with Crippen molar-refractivity contribution in [2.45, 2.75) is 43.2 Å². The van der Waals surface area contributed by atoms with E-state index in [0.717, 1.165) is 68.9 Å². The van der Waals surface area contributed by atoms with Crippen molar-refractivity contribution in [2.24, 2.45) is 5.92 Å². The van der Waals surface area contributed by atoms with E-state index < -0.39 is 0 Å². The molecular weight excluding hydrogens is 486 g/mol. The number of carbonyl (C=O) groups excluding carboxylic acids is 1. The predicted molar refractivity (Wildman–Crippen MR) is 146 cm³/mol. The van der Waals surface area contributed by atoms with E-state index in [4.69, 9.17) is 9.51 Å². The number of aliphatic hydroxyl groups excluding tert-OH is 1. The summed E-state index contributed by atoms with van der Waals surface area (Å²) in [6, 6.07) is 14.4. The molecule has 2 aromatic heterocycles. The zero-order valence-electron chi connectivity index (χ0n) is 21.3. The Labute approximate surface area is 222 Å². The lowest BCUT2D eigenvalue weighted by Crippen LogP contribution is -2.49. The zero-order valence-corrected chi connectivity index (χ0v) is 22.1. The van der Waals surface area contributed by atoms with Crippen molar-refractivity contribution < 1.29 is 14.4 Å². The van der Waals surface area contributed by atoms with Crippen LogP contribution in [0.1, 0.15) is 41.7 Å². The van der Waals surface area contributed by atoms with Gasteiger partial charge in [-0.3, -0.25) is 9.69 Å². The van der Waals surface area contributed by atoms with Crippen LogP contribution in [0.4, 0.5) is 5.82 Å². The molecule has 37 heavy (non-hydrogen) atoms. The van der Waals surface area contributed by atoms with Gasteiger partial charge in [-0.05, 0) is 68.7 Å². The molecular formula is C28H35N5O3S. The molecule has 0 aliphatic carbocycles. The normalized spacial score (nSPS) is 19.2. The topological polar surface area (TPSA) is 94.7 Å². The van der Waals surface area contributed by atoms with Crippen LogP contribution in [0.15, 0.2) is 58.1 Å². The summed E-state index contributed by atoms with van der Waals surface area (Å²) in [7, 11) is 0. The average molecular weight is 522 g/mol. The van der Waals surface area contributed by atoms with Crippen LogP contribution in [0, 0.1) is 5.92 Å². The fourth-order valence-electron chi connectivity index (χ4n) is 5.40. The lowest BCUT2D eigenvalue weighted by molar-refractivity contribution is 0.0777. The van der Waals surface area contributed by atoms with E-state index in [9.17, 15) is 9.90 Å². The smallest absolute Gasteiger partial charge is 0.255 e. The Balaban J connectivity index is 1.35. The van der Waals surface area contributed by atoms with Gasteiger partial charge in [-0.1, -0.05) is 17.3 Å². The van der Waals surface area contributed by atoms with Gasteiger partial charge >= 0.3 is 0 Å². The van der Waals surface area contributed by atoms with Gasteiger partial charge in [0, 0.05) is 48.8 Å². The number of nitrogens with one attached hydrogen (secondary N) is 1. The minimum Gasteiger partial charge on any atom is -0.396 e. The fourth-order valence-corrected chi connectivity index (χ4v) is 5.81. The van der Waals surface area contributed by atoms with E-state index in [0.29, 0.717) is 29.8 Å². The molecule has 1 amide bonds. The highest BCUT2D eigenvalue weighted by Gasteiger charge is 2.30. The van der Waals surface area contributed by atoms with E-state index in [1.165, 1.54) is 11.2 Å². The van der Waals surface area contributed by atoms with Crippen LogP contribution in [-0.2, 0) is 6.54 Å². The van der Waals surface area contributed by atoms with Crippen LogP contribution >= 0.6 is 11.8 Å². The number of anilines is 1. The van der Waals surface area contributed by atoms with Crippen molar-refractivity contribution in [3.63, 3.8) is 0 Å². The van der Waals surface area contributed by atoms with Crippen LogP contribution in [0.25, 0.3) is 11.3 Å². The second-order valence-electron chi connectivity index (χ2n) is 9.87. The summed E-state index contributed by atoms with van der Waals surface area (Å²) in [6.07, 6.45) is 7.88. The Morgan fingerprint density at radius 2 is 1.92 bits per heavy atom. The maximum absolute atomic E-state index is 13.2. The summed E-state index contributed by atoms with van der Waals surface area (Å²) in [6.45, 7) is 4.35. The van der Waals surface area contributed by atoms with Crippen LogP contribution < -0.4 is 10.2 Å². The first-order chi connectivity index (χ1) is 18.1. The summed E-state index contributed by atoms with van der Waals surface area (Å²) in [5.74, 6) is 0.954. The second kappa shape index (κ2) is 12.1. The molecule has 4 heterocycles. The highest BCUT2D eigenvalue weighted by molar-refractivity contribution is 7.98. The number of carbonyl (C=O) groups is 1. The van der Waals surface area contributed by atoms with Crippen molar-refractivity contribution in [3.8, 4) is 11.3 Å². The number of hydrogen-bond acceptors (Lipinski definition) is 8. The van der Waals surface area contributed by atoms with Gasteiger partial charge in [-0.25, -0.2) is 4.98 Å². The molecule has 2 aliphatic rings. The second-order valence-corrected chi connectivity index (χ2v) is 10.8. The molecule has 8 nitrogen and oxygen atoms in total. The van der Waals surface area contributed by atoms with Crippen LogP contribution in [-0.4, -0.2) is 71.1 Å². The van der Waals surface area contributed by atoms with Crippen molar-refractivity contribution in [1.29, 1.82) is 0 Å². The van der Waals surface area contributed by atoms with Gasteiger partial charge in [-0.2, -0.15) is 0 Å². The summed E-state index contributed by atoms with van der Waals surface area (Å²) < 4.78 is 4.89. The van der Waals surface area contributed by atoms with Gasteiger partial charge in [0.2, 0.25) is 0 Å². The number of nitrogens with zero attached hydrogens (tertiary/aromatic N) is 4. The number of piperidine rings is 2. The Morgan fingerprint density at radius 1 is 1.11 bits per heavy atom. The molecule has 2 aliphatic heterocycles. The SMILES string of the molecule is CSc1ccc(-c2ccc(C(=O)NCc3ccon3)c(N3CCC(N4CCCC(CO)C4)CC3)n2)cc1. The highest BCUT2D eigenvalue weighted by atomic mass is 32.2. The molecule has 0 radical (unpaired) electrons. The maximum Gasteiger partial charge on any atom is 0.255 e. The van der Waals surface area contributed by atoms with Gasteiger partial charge in [0.25, 0.3) is 5.91 Å².